The minimum atomic E-state index is -4.63. The van der Waals surface area contributed by atoms with Crippen LogP contribution in [0.2, 0.25) is 5.02 Å². The first kappa shape index (κ1) is 27.3. The number of aryl methyl sites for hydroxylation is 1. The van der Waals surface area contributed by atoms with E-state index < -0.39 is 40.7 Å². The van der Waals surface area contributed by atoms with Crippen LogP contribution < -0.4 is 20.7 Å². The molecule has 2 aromatic carbocycles. The van der Waals surface area contributed by atoms with Crippen LogP contribution in [0.3, 0.4) is 0 Å². The molecule has 0 unspecified atom stereocenters. The van der Waals surface area contributed by atoms with Crippen molar-refractivity contribution in [1.29, 1.82) is 0 Å². The van der Waals surface area contributed by atoms with Crippen LogP contribution in [0.15, 0.2) is 36.4 Å². The van der Waals surface area contributed by atoms with E-state index in [-0.39, 0.29) is 50.7 Å². The maximum atomic E-state index is 13.8. The predicted molar refractivity (Wildman–Crippen MR) is 133 cm³/mol. The van der Waals surface area contributed by atoms with Gasteiger partial charge in [0.2, 0.25) is 11.8 Å². The van der Waals surface area contributed by atoms with Crippen LogP contribution >= 0.6 is 22.9 Å². The van der Waals surface area contributed by atoms with Gasteiger partial charge in [0.1, 0.15) is 21.9 Å². The molecule has 0 saturated heterocycles. The van der Waals surface area contributed by atoms with Gasteiger partial charge in [0.15, 0.2) is 5.13 Å². The van der Waals surface area contributed by atoms with Gasteiger partial charge in [-0.05, 0) is 44.0 Å². The summed E-state index contributed by atoms with van der Waals surface area (Å²) >= 11 is 6.72. The van der Waals surface area contributed by atoms with E-state index in [4.69, 9.17) is 16.3 Å². The number of amides is 3. The predicted octanol–water partition coefficient (Wildman–Crippen LogP) is 5.88. The molecule has 38 heavy (non-hydrogen) atoms. The first-order valence-corrected chi connectivity index (χ1v) is 12.1. The molecule has 0 radical (unpaired) electrons. The number of nitrogens with zero attached hydrogens (tertiary/aromatic N) is 1. The Balaban J connectivity index is 1.46. The molecule has 8 nitrogen and oxygen atoms in total. The summed E-state index contributed by atoms with van der Waals surface area (Å²) in [6.07, 6.45) is -4.15. The highest BCUT2D eigenvalue weighted by molar-refractivity contribution is 7.17. The third kappa shape index (κ3) is 5.73. The second-order valence-electron chi connectivity index (χ2n) is 8.45. The van der Waals surface area contributed by atoms with Gasteiger partial charge in [0.25, 0.3) is 5.91 Å². The minimum absolute atomic E-state index is 0.0132. The van der Waals surface area contributed by atoms with Crippen LogP contribution in [0.1, 0.15) is 33.8 Å². The second-order valence-corrected chi connectivity index (χ2v) is 9.86. The average Bonchev–Trinajstić information content (AvgIpc) is 3.57. The number of carbonyl (C=O) groups excluding carboxylic acids is 3. The van der Waals surface area contributed by atoms with Crippen LogP contribution in [0.25, 0.3) is 0 Å². The number of hydrogen-bond donors (Lipinski definition) is 3. The molecule has 0 aliphatic heterocycles. The van der Waals surface area contributed by atoms with Crippen molar-refractivity contribution in [3.05, 3.63) is 63.4 Å². The van der Waals surface area contributed by atoms with Gasteiger partial charge in [-0.3, -0.25) is 14.4 Å². The Kier molecular flexibility index (Phi) is 7.35. The Morgan fingerprint density at radius 3 is 2.37 bits per heavy atom. The molecule has 0 bridgehead atoms. The third-order valence-electron chi connectivity index (χ3n) is 5.75. The number of ether oxygens (including phenoxy) is 1. The SMILES string of the molecule is COc1cc(F)cc(NC(=O)C2(C(=O)Nc3nc(C)c(C(=O)Nc4cc(C(F)(F)F)ccc4Cl)s3)CC2)c1. The zero-order valence-electron chi connectivity index (χ0n) is 19.8. The van der Waals surface area contributed by atoms with E-state index in [0.29, 0.717) is 6.07 Å². The number of nitrogens with one attached hydrogen (secondary N) is 3. The highest BCUT2D eigenvalue weighted by atomic mass is 35.5. The molecule has 14 heteroatoms. The Morgan fingerprint density at radius 2 is 1.74 bits per heavy atom. The van der Waals surface area contributed by atoms with Crippen molar-refractivity contribution in [2.45, 2.75) is 25.9 Å². The van der Waals surface area contributed by atoms with E-state index in [9.17, 15) is 31.9 Å². The van der Waals surface area contributed by atoms with Gasteiger partial charge in [-0.15, -0.1) is 0 Å². The normalized spacial score (nSPS) is 14.0. The molecule has 0 atom stereocenters. The number of thiazole rings is 1. The monoisotopic (exact) mass is 570 g/mol. The molecule has 1 saturated carbocycles. The number of benzene rings is 2. The van der Waals surface area contributed by atoms with E-state index in [1.807, 2.05) is 0 Å². The number of halogens is 5. The summed E-state index contributed by atoms with van der Waals surface area (Å²) in [6.45, 7) is 1.48. The lowest BCUT2D eigenvalue weighted by Gasteiger charge is -2.15. The maximum Gasteiger partial charge on any atom is 0.416 e. The molecule has 1 heterocycles. The topological polar surface area (TPSA) is 109 Å². The number of aromatic nitrogens is 1. The van der Waals surface area contributed by atoms with Crippen LogP contribution in [0, 0.1) is 18.2 Å². The highest BCUT2D eigenvalue weighted by Gasteiger charge is 2.56. The lowest BCUT2D eigenvalue weighted by atomic mass is 10.1. The summed E-state index contributed by atoms with van der Waals surface area (Å²) in [5.41, 5.74) is -2.33. The van der Waals surface area contributed by atoms with Crippen molar-refractivity contribution in [3.8, 4) is 5.75 Å². The van der Waals surface area contributed by atoms with Gasteiger partial charge in [-0.1, -0.05) is 22.9 Å². The molecule has 1 aliphatic carbocycles. The molecule has 0 spiro atoms. The van der Waals surface area contributed by atoms with Crippen LogP contribution in [0.5, 0.6) is 5.75 Å². The molecular formula is C24H19ClF4N4O4S. The largest absolute Gasteiger partial charge is 0.497 e. The van der Waals surface area contributed by atoms with Crippen molar-refractivity contribution >= 4 is 57.2 Å². The van der Waals surface area contributed by atoms with Crippen molar-refractivity contribution < 1.29 is 36.7 Å². The van der Waals surface area contributed by atoms with Crippen LogP contribution in [0.4, 0.5) is 34.1 Å². The van der Waals surface area contributed by atoms with Crippen molar-refractivity contribution in [3.63, 3.8) is 0 Å². The number of anilines is 3. The van der Waals surface area contributed by atoms with Gasteiger partial charge < -0.3 is 20.7 Å². The molecule has 4 rings (SSSR count). The zero-order valence-corrected chi connectivity index (χ0v) is 21.3. The molecule has 200 valence electrons. The van der Waals surface area contributed by atoms with Gasteiger partial charge in [0, 0.05) is 17.8 Å². The lowest BCUT2D eigenvalue weighted by Crippen LogP contribution is -2.35. The van der Waals surface area contributed by atoms with Gasteiger partial charge in [0.05, 0.1) is 29.1 Å². The van der Waals surface area contributed by atoms with Crippen molar-refractivity contribution in [2.24, 2.45) is 5.41 Å². The smallest absolute Gasteiger partial charge is 0.416 e. The summed E-state index contributed by atoms with van der Waals surface area (Å²) in [4.78, 5) is 42.7. The molecule has 3 N–H and O–H groups in total. The van der Waals surface area contributed by atoms with E-state index in [2.05, 4.69) is 20.9 Å². The lowest BCUT2D eigenvalue weighted by molar-refractivity contribution is -0.137. The highest BCUT2D eigenvalue weighted by Crippen LogP contribution is 2.48. The van der Waals surface area contributed by atoms with Crippen molar-refractivity contribution in [1.82, 2.24) is 4.98 Å². The van der Waals surface area contributed by atoms with Crippen LogP contribution in [-0.4, -0.2) is 29.8 Å². The van der Waals surface area contributed by atoms with Crippen LogP contribution in [-0.2, 0) is 15.8 Å². The molecule has 3 amide bonds. The van der Waals surface area contributed by atoms with Crippen molar-refractivity contribution in [2.75, 3.05) is 23.1 Å². The fourth-order valence-corrected chi connectivity index (χ4v) is 4.56. The first-order chi connectivity index (χ1) is 17.8. The Labute approximate surface area is 222 Å². The molecule has 3 aromatic rings. The summed E-state index contributed by atoms with van der Waals surface area (Å²) in [5.74, 6) is -2.54. The molecule has 1 aliphatic rings. The Hall–Kier alpha value is -3.71. The first-order valence-electron chi connectivity index (χ1n) is 11.0. The Bertz CT molecular complexity index is 1440. The maximum absolute atomic E-state index is 13.8. The van der Waals surface area contributed by atoms with E-state index in [0.717, 1.165) is 35.6 Å². The quantitative estimate of drug-likeness (QED) is 0.243. The van der Waals surface area contributed by atoms with E-state index >= 15 is 0 Å². The molecule has 1 fully saturated rings. The standard InChI is InChI=1S/C24H19ClF4N4O4S/c1-11-18(19(34)32-17-7-12(24(27,28)29)3-4-16(17)25)38-22(30-11)33-21(36)23(5-6-23)20(35)31-14-8-13(26)9-15(10-14)37-2/h3-4,7-10H,5-6H2,1-2H3,(H,31,35)(H,32,34)(H,30,33,36). The number of hydrogen-bond acceptors (Lipinski definition) is 6. The van der Waals surface area contributed by atoms with Gasteiger partial charge in [-0.25, -0.2) is 9.37 Å². The minimum Gasteiger partial charge on any atom is -0.497 e. The van der Waals surface area contributed by atoms with E-state index in [1.165, 1.54) is 20.1 Å². The number of methoxy groups -OCH3 is 1. The van der Waals surface area contributed by atoms with Gasteiger partial charge >= 0.3 is 6.18 Å². The fourth-order valence-electron chi connectivity index (χ4n) is 3.54. The number of carbonyl (C=O) groups is 3. The third-order valence-corrected chi connectivity index (χ3v) is 7.15. The summed E-state index contributed by atoms with van der Waals surface area (Å²) in [7, 11) is 1.34. The Morgan fingerprint density at radius 1 is 1.05 bits per heavy atom. The fraction of sp³-hybridized carbons (Fsp3) is 0.250. The van der Waals surface area contributed by atoms with Gasteiger partial charge in [-0.2, -0.15) is 13.2 Å². The average molecular weight is 571 g/mol. The number of alkyl halides is 3. The zero-order chi connectivity index (χ0) is 27.8. The van der Waals surface area contributed by atoms with E-state index in [1.54, 1.807) is 0 Å². The second kappa shape index (κ2) is 10.2. The number of rotatable bonds is 7. The molecular weight excluding hydrogens is 552 g/mol. The summed E-state index contributed by atoms with van der Waals surface area (Å²) in [5, 5.41) is 7.28. The summed E-state index contributed by atoms with van der Waals surface area (Å²) in [6, 6.07) is 6.14. The summed E-state index contributed by atoms with van der Waals surface area (Å²) < 4.78 is 57.8. The molecule has 1 aromatic heterocycles.